The van der Waals surface area contributed by atoms with Crippen molar-refractivity contribution in [1.82, 2.24) is 14.7 Å². The second kappa shape index (κ2) is 8.31. The lowest BCUT2D eigenvalue weighted by Gasteiger charge is -2.43. The van der Waals surface area contributed by atoms with Crippen LogP contribution in [-0.2, 0) is 4.79 Å². The van der Waals surface area contributed by atoms with Gasteiger partial charge in [-0.05, 0) is 24.3 Å². The molecule has 2 aliphatic heterocycles. The lowest BCUT2D eigenvalue weighted by Crippen LogP contribution is -2.52. The Hall–Kier alpha value is -3.14. The zero-order valence-electron chi connectivity index (χ0n) is 16.3. The summed E-state index contributed by atoms with van der Waals surface area (Å²) in [6.07, 6.45) is 8.40. The second-order valence-electron chi connectivity index (χ2n) is 7.09. The maximum absolute atomic E-state index is 14.3. The van der Waals surface area contributed by atoms with E-state index in [4.69, 9.17) is 18.0 Å². The number of nitrogens with zero attached hydrogens (tertiary/aromatic N) is 4. The van der Waals surface area contributed by atoms with Crippen molar-refractivity contribution in [3.05, 3.63) is 65.5 Å². The summed E-state index contributed by atoms with van der Waals surface area (Å²) in [6.45, 7) is 5.99. The highest BCUT2D eigenvalue weighted by molar-refractivity contribution is 6.33. The molecule has 30 heavy (non-hydrogen) atoms. The summed E-state index contributed by atoms with van der Waals surface area (Å²) in [7, 11) is 0. The van der Waals surface area contributed by atoms with Crippen molar-refractivity contribution >= 4 is 29.5 Å². The van der Waals surface area contributed by atoms with Crippen LogP contribution in [0.4, 0.5) is 10.1 Å². The average Bonchev–Trinajstić information content (AvgIpc) is 2.78. The number of carbonyl (C=O) groups is 1. The van der Waals surface area contributed by atoms with E-state index in [1.54, 1.807) is 40.4 Å². The van der Waals surface area contributed by atoms with Gasteiger partial charge in [-0.3, -0.25) is 14.6 Å². The van der Waals surface area contributed by atoms with Crippen LogP contribution in [0, 0.1) is 18.3 Å². The van der Waals surface area contributed by atoms with Crippen molar-refractivity contribution in [3.63, 3.8) is 0 Å². The van der Waals surface area contributed by atoms with Crippen LogP contribution in [0.1, 0.15) is 11.7 Å². The summed E-state index contributed by atoms with van der Waals surface area (Å²) in [5.41, 5.74) is 2.55. The van der Waals surface area contributed by atoms with E-state index >= 15 is 0 Å². The highest BCUT2D eigenvalue weighted by Crippen LogP contribution is 2.42. The predicted octanol–water partition coefficient (Wildman–Crippen LogP) is 4.04. The number of halogens is 2. The van der Waals surface area contributed by atoms with E-state index in [-0.39, 0.29) is 17.9 Å². The number of aliphatic imine (C=N–C) groups is 1. The van der Waals surface area contributed by atoms with Gasteiger partial charge in [-0.2, -0.15) is 0 Å². The van der Waals surface area contributed by atoms with E-state index in [0.29, 0.717) is 48.0 Å². The second-order valence-corrected chi connectivity index (χ2v) is 7.50. The van der Waals surface area contributed by atoms with E-state index in [0.717, 1.165) is 5.56 Å². The van der Waals surface area contributed by atoms with Gasteiger partial charge < -0.3 is 4.90 Å². The zero-order valence-corrected chi connectivity index (χ0v) is 17.0. The summed E-state index contributed by atoms with van der Waals surface area (Å²) in [5.74, 6) is -0.421. The SMILES string of the molecule is C#CN1C=Nc2cc(-c3ccccc3F)c(Cl)cc2C1N1CCN(C(=O)C=C)CC1. The smallest absolute Gasteiger partial charge is 0.246 e. The van der Waals surface area contributed by atoms with E-state index in [1.165, 1.54) is 12.1 Å². The minimum Gasteiger partial charge on any atom is -0.337 e. The normalized spacial score (nSPS) is 18.6. The van der Waals surface area contributed by atoms with Gasteiger partial charge in [0.05, 0.1) is 5.69 Å². The molecule has 1 saturated heterocycles. The third kappa shape index (κ3) is 3.58. The van der Waals surface area contributed by atoms with Crippen LogP contribution in [0.25, 0.3) is 11.1 Å². The van der Waals surface area contributed by atoms with Gasteiger partial charge >= 0.3 is 0 Å². The lowest BCUT2D eigenvalue weighted by atomic mass is 9.98. The molecular weight excluding hydrogens is 403 g/mol. The molecule has 5 nitrogen and oxygen atoms in total. The van der Waals surface area contributed by atoms with Crippen molar-refractivity contribution in [2.75, 3.05) is 26.2 Å². The highest BCUT2D eigenvalue weighted by Gasteiger charge is 2.33. The molecule has 2 aromatic rings. The topological polar surface area (TPSA) is 39.1 Å². The summed E-state index contributed by atoms with van der Waals surface area (Å²) in [4.78, 5) is 22.0. The Bertz CT molecular complexity index is 1070. The Balaban J connectivity index is 1.69. The molecule has 0 radical (unpaired) electrons. The summed E-state index contributed by atoms with van der Waals surface area (Å²) in [5, 5.41) is 0.429. The third-order valence-electron chi connectivity index (χ3n) is 5.44. The Labute approximate surface area is 180 Å². The molecule has 2 aliphatic rings. The summed E-state index contributed by atoms with van der Waals surface area (Å²) >= 11 is 6.58. The van der Waals surface area contributed by atoms with Gasteiger partial charge in [0.25, 0.3) is 0 Å². The van der Waals surface area contributed by atoms with Gasteiger partial charge in [-0.15, -0.1) is 0 Å². The molecule has 0 bridgehead atoms. The van der Waals surface area contributed by atoms with Crippen molar-refractivity contribution in [2.45, 2.75) is 6.17 Å². The van der Waals surface area contributed by atoms with Gasteiger partial charge in [-0.1, -0.05) is 42.8 Å². The number of amides is 1. The van der Waals surface area contributed by atoms with Crippen LogP contribution in [-0.4, -0.2) is 53.1 Å². The quantitative estimate of drug-likeness (QED) is 0.553. The minimum atomic E-state index is -0.344. The number of hydrogen-bond donors (Lipinski definition) is 0. The lowest BCUT2D eigenvalue weighted by molar-refractivity contribution is -0.128. The first-order valence-corrected chi connectivity index (χ1v) is 9.93. The van der Waals surface area contributed by atoms with E-state index in [9.17, 15) is 9.18 Å². The van der Waals surface area contributed by atoms with Crippen molar-refractivity contribution in [2.24, 2.45) is 4.99 Å². The van der Waals surface area contributed by atoms with Crippen LogP contribution in [0.3, 0.4) is 0 Å². The fraction of sp³-hybridized carbons (Fsp3) is 0.217. The van der Waals surface area contributed by atoms with Gasteiger partial charge in [0, 0.05) is 53.9 Å². The summed E-state index contributed by atoms with van der Waals surface area (Å²) < 4.78 is 14.3. The molecule has 0 spiro atoms. The first kappa shape index (κ1) is 20.1. The number of hydrogen-bond acceptors (Lipinski definition) is 4. The molecule has 2 aromatic carbocycles. The molecule has 0 saturated carbocycles. The number of terminal acetylenes is 1. The molecule has 1 unspecified atom stereocenters. The molecule has 1 fully saturated rings. The van der Waals surface area contributed by atoms with Gasteiger partial charge in [0.2, 0.25) is 5.91 Å². The first-order chi connectivity index (χ1) is 14.5. The van der Waals surface area contributed by atoms with E-state index in [1.807, 2.05) is 6.07 Å². The summed E-state index contributed by atoms with van der Waals surface area (Å²) in [6, 6.07) is 12.8. The predicted molar refractivity (Wildman–Crippen MR) is 117 cm³/mol. The Morgan fingerprint density at radius 3 is 2.63 bits per heavy atom. The molecule has 1 amide bonds. The number of carbonyl (C=O) groups excluding carboxylic acids is 1. The molecule has 4 rings (SSSR count). The largest absolute Gasteiger partial charge is 0.337 e. The maximum Gasteiger partial charge on any atom is 0.246 e. The molecule has 0 aromatic heterocycles. The fourth-order valence-electron chi connectivity index (χ4n) is 3.91. The molecule has 1 atom stereocenters. The number of fused-ring (bicyclic) bond motifs is 1. The van der Waals surface area contributed by atoms with Crippen molar-refractivity contribution in [3.8, 4) is 23.6 Å². The zero-order chi connectivity index (χ0) is 21.3. The number of piperazine rings is 1. The van der Waals surface area contributed by atoms with Gasteiger partial charge in [0.15, 0.2) is 0 Å². The highest BCUT2D eigenvalue weighted by atomic mass is 35.5. The Morgan fingerprint density at radius 2 is 1.97 bits per heavy atom. The molecule has 7 heteroatoms. The van der Waals surface area contributed by atoms with Crippen molar-refractivity contribution in [1.29, 1.82) is 0 Å². The van der Waals surface area contributed by atoms with Crippen LogP contribution in [0.15, 0.2) is 54.0 Å². The van der Waals surface area contributed by atoms with Gasteiger partial charge in [-0.25, -0.2) is 9.38 Å². The molecule has 0 N–H and O–H groups in total. The van der Waals surface area contributed by atoms with Crippen LogP contribution >= 0.6 is 11.6 Å². The minimum absolute atomic E-state index is 0.0772. The van der Waals surface area contributed by atoms with Crippen LogP contribution < -0.4 is 0 Å². The van der Waals surface area contributed by atoms with E-state index < -0.39 is 0 Å². The molecule has 0 aliphatic carbocycles. The number of rotatable bonds is 3. The first-order valence-electron chi connectivity index (χ1n) is 9.56. The molecule has 152 valence electrons. The standard InChI is InChI=1S/C23H20ClFN4O/c1-3-22(30)28-9-11-29(12-10-28)23-18-13-19(24)17(16-7-5-6-8-20(16)25)14-21(18)26-15-27(23)4-2/h2-3,5-8,13-15,23H,1,9-12H2. The maximum atomic E-state index is 14.3. The Morgan fingerprint density at radius 1 is 1.23 bits per heavy atom. The Kier molecular flexibility index (Phi) is 5.58. The molecular formula is C23H20ClFN4O. The third-order valence-corrected chi connectivity index (χ3v) is 5.75. The van der Waals surface area contributed by atoms with E-state index in [2.05, 4.69) is 22.5 Å². The fourth-order valence-corrected chi connectivity index (χ4v) is 4.19. The number of benzene rings is 2. The average molecular weight is 423 g/mol. The van der Waals surface area contributed by atoms with Crippen LogP contribution in [0.5, 0.6) is 0 Å². The molecule has 2 heterocycles. The van der Waals surface area contributed by atoms with Crippen LogP contribution in [0.2, 0.25) is 5.02 Å². The monoisotopic (exact) mass is 422 g/mol. The van der Waals surface area contributed by atoms with Crippen molar-refractivity contribution < 1.29 is 9.18 Å². The van der Waals surface area contributed by atoms with Gasteiger partial charge in [0.1, 0.15) is 18.3 Å².